The smallest absolute Gasteiger partial charge is 0.163 e. The van der Waals surface area contributed by atoms with Gasteiger partial charge in [0, 0.05) is 0 Å². The number of carbonyl (C=O) groups is 1. The number of rotatable bonds is 8. The minimum atomic E-state index is -0.608. The largest absolute Gasteiger partial charge is 0.507 e. The molecule has 3 heteroatoms. The van der Waals surface area contributed by atoms with Gasteiger partial charge in [0.05, 0.1) is 11.7 Å². The van der Waals surface area contributed by atoms with E-state index in [0.717, 1.165) is 19.3 Å². The summed E-state index contributed by atoms with van der Waals surface area (Å²) in [5, 5.41) is 20.0. The summed E-state index contributed by atoms with van der Waals surface area (Å²) in [6.07, 6.45) is 3.10. The molecule has 2 N–H and O–H groups in total. The second-order valence-corrected chi connectivity index (χ2v) is 6.56. The third-order valence-electron chi connectivity index (χ3n) is 4.49. The van der Waals surface area contributed by atoms with Crippen LogP contribution in [0.4, 0.5) is 0 Å². The van der Waals surface area contributed by atoms with Crippen LogP contribution in [0.15, 0.2) is 48.5 Å². The summed E-state index contributed by atoms with van der Waals surface area (Å²) in [5.41, 5.74) is 2.30. The summed E-state index contributed by atoms with van der Waals surface area (Å²) >= 11 is 0. The zero-order valence-electron chi connectivity index (χ0n) is 14.4. The Labute approximate surface area is 144 Å². The maximum absolute atomic E-state index is 11.5. The maximum Gasteiger partial charge on any atom is 0.163 e. The number of carbonyl (C=O) groups excluding carboxylic acids is 1. The average Bonchev–Trinajstić information content (AvgIpc) is 2.59. The Morgan fingerprint density at radius 2 is 1.75 bits per heavy atom. The number of aryl methyl sites for hydroxylation is 1. The van der Waals surface area contributed by atoms with Crippen molar-refractivity contribution in [1.82, 2.24) is 0 Å². The van der Waals surface area contributed by atoms with Crippen LogP contribution in [-0.2, 0) is 6.42 Å². The van der Waals surface area contributed by atoms with Crippen LogP contribution < -0.4 is 0 Å². The minimum absolute atomic E-state index is 0.0327. The first-order chi connectivity index (χ1) is 11.5. The second kappa shape index (κ2) is 8.65. The molecule has 2 aromatic carbocycles. The highest BCUT2D eigenvalue weighted by Gasteiger charge is 2.14. The fraction of sp³-hybridized carbons (Fsp3) is 0.381. The Hall–Kier alpha value is -2.13. The van der Waals surface area contributed by atoms with Crippen molar-refractivity contribution < 1.29 is 15.0 Å². The van der Waals surface area contributed by atoms with Crippen LogP contribution in [0.2, 0.25) is 0 Å². The summed E-state index contributed by atoms with van der Waals surface area (Å²) in [5.74, 6) is 0.289. The Bertz CT molecular complexity index is 664. The highest BCUT2D eigenvalue weighted by Crippen LogP contribution is 2.27. The lowest BCUT2D eigenvalue weighted by Crippen LogP contribution is -2.04. The quantitative estimate of drug-likeness (QED) is 0.693. The molecule has 2 atom stereocenters. The van der Waals surface area contributed by atoms with E-state index in [9.17, 15) is 15.0 Å². The fourth-order valence-electron chi connectivity index (χ4n) is 2.85. The molecule has 0 radical (unpaired) electrons. The van der Waals surface area contributed by atoms with Crippen molar-refractivity contribution in [2.45, 2.75) is 45.6 Å². The summed E-state index contributed by atoms with van der Waals surface area (Å²) in [6, 6.07) is 15.2. The molecule has 2 rings (SSSR count). The number of aromatic hydroxyl groups is 1. The van der Waals surface area contributed by atoms with Gasteiger partial charge in [-0.15, -0.1) is 0 Å². The number of phenols is 1. The average molecular weight is 326 g/mol. The van der Waals surface area contributed by atoms with E-state index in [2.05, 4.69) is 31.2 Å². The maximum atomic E-state index is 11.5. The topological polar surface area (TPSA) is 57.5 Å². The molecule has 0 aromatic heterocycles. The van der Waals surface area contributed by atoms with Crippen molar-refractivity contribution in [1.29, 1.82) is 0 Å². The molecule has 0 heterocycles. The number of phenolic OH excluding ortho intramolecular Hbond substituents is 1. The molecule has 3 nitrogen and oxygen atoms in total. The number of benzene rings is 2. The van der Waals surface area contributed by atoms with Gasteiger partial charge in [-0.3, -0.25) is 4.79 Å². The monoisotopic (exact) mass is 326 g/mol. The highest BCUT2D eigenvalue weighted by atomic mass is 16.3. The van der Waals surface area contributed by atoms with E-state index in [0.29, 0.717) is 17.9 Å². The van der Waals surface area contributed by atoms with Gasteiger partial charge in [-0.25, -0.2) is 0 Å². The molecular weight excluding hydrogens is 300 g/mol. The van der Waals surface area contributed by atoms with Gasteiger partial charge in [-0.05, 0) is 61.8 Å². The third kappa shape index (κ3) is 5.20. The molecule has 0 saturated heterocycles. The molecule has 0 aliphatic rings. The van der Waals surface area contributed by atoms with E-state index in [1.165, 1.54) is 18.6 Å². The standard InChI is InChI=1S/C21H26O3/c1-15(8-10-17-6-4-3-5-7-17)9-12-20(23)18-11-13-21(24)19(14-18)16(2)22/h3-7,11,13-15,20,23-24H,8-10,12H2,1-2H3. The van der Waals surface area contributed by atoms with E-state index in [1.807, 2.05) is 6.07 Å². The molecule has 0 fully saturated rings. The normalized spacial score (nSPS) is 13.5. The molecule has 0 aliphatic carbocycles. The van der Waals surface area contributed by atoms with Crippen LogP contribution in [0.25, 0.3) is 0 Å². The summed E-state index contributed by atoms with van der Waals surface area (Å²) < 4.78 is 0. The van der Waals surface area contributed by atoms with Gasteiger partial charge in [0.15, 0.2) is 5.78 Å². The molecular formula is C21H26O3. The van der Waals surface area contributed by atoms with Crippen LogP contribution in [0, 0.1) is 5.92 Å². The van der Waals surface area contributed by atoms with Gasteiger partial charge < -0.3 is 10.2 Å². The SMILES string of the molecule is CC(=O)c1cc(C(O)CCC(C)CCc2ccccc2)ccc1O. The number of hydrogen-bond acceptors (Lipinski definition) is 3. The third-order valence-corrected chi connectivity index (χ3v) is 4.49. The molecule has 128 valence electrons. The number of aliphatic hydroxyl groups is 1. The molecule has 2 aromatic rings. The van der Waals surface area contributed by atoms with Crippen LogP contribution >= 0.6 is 0 Å². The molecule has 0 aliphatic heterocycles. The summed E-state index contributed by atoms with van der Waals surface area (Å²) in [6.45, 7) is 3.62. The Balaban J connectivity index is 1.85. The van der Waals surface area contributed by atoms with Gasteiger partial charge in [-0.1, -0.05) is 43.3 Å². The van der Waals surface area contributed by atoms with Crippen LogP contribution in [-0.4, -0.2) is 16.0 Å². The Morgan fingerprint density at radius 1 is 1.04 bits per heavy atom. The van der Waals surface area contributed by atoms with Crippen molar-refractivity contribution in [3.05, 3.63) is 65.2 Å². The van der Waals surface area contributed by atoms with Gasteiger partial charge in [0.2, 0.25) is 0 Å². The predicted octanol–water partition coefficient (Wildman–Crippen LogP) is 4.68. The molecule has 0 saturated carbocycles. The van der Waals surface area contributed by atoms with Gasteiger partial charge in [0.25, 0.3) is 0 Å². The van der Waals surface area contributed by atoms with Crippen molar-refractivity contribution in [2.24, 2.45) is 5.92 Å². The minimum Gasteiger partial charge on any atom is -0.507 e. The van der Waals surface area contributed by atoms with Gasteiger partial charge >= 0.3 is 0 Å². The Kier molecular flexibility index (Phi) is 6.56. The van der Waals surface area contributed by atoms with Crippen molar-refractivity contribution in [2.75, 3.05) is 0 Å². The first kappa shape index (κ1) is 18.2. The first-order valence-electron chi connectivity index (χ1n) is 8.53. The number of aliphatic hydroxyl groups excluding tert-OH is 1. The van der Waals surface area contributed by atoms with E-state index in [-0.39, 0.29) is 17.1 Å². The van der Waals surface area contributed by atoms with E-state index in [1.54, 1.807) is 12.1 Å². The Morgan fingerprint density at radius 3 is 2.42 bits per heavy atom. The summed E-state index contributed by atoms with van der Waals surface area (Å²) in [7, 11) is 0. The number of Topliss-reactive ketones (excluding diaryl/α,β-unsaturated/α-hetero) is 1. The fourth-order valence-corrected chi connectivity index (χ4v) is 2.85. The van der Waals surface area contributed by atoms with E-state index >= 15 is 0 Å². The second-order valence-electron chi connectivity index (χ2n) is 6.56. The first-order valence-corrected chi connectivity index (χ1v) is 8.53. The lowest BCUT2D eigenvalue weighted by atomic mass is 9.93. The van der Waals surface area contributed by atoms with Crippen molar-refractivity contribution >= 4 is 5.78 Å². The molecule has 2 unspecified atom stereocenters. The van der Waals surface area contributed by atoms with Crippen LogP contribution in [0.1, 0.15) is 60.7 Å². The molecule has 0 bridgehead atoms. The van der Waals surface area contributed by atoms with Gasteiger partial charge in [0.1, 0.15) is 5.75 Å². The van der Waals surface area contributed by atoms with Gasteiger partial charge in [-0.2, -0.15) is 0 Å². The highest BCUT2D eigenvalue weighted by molar-refractivity contribution is 5.96. The summed E-state index contributed by atoms with van der Waals surface area (Å²) in [4.78, 5) is 11.5. The van der Waals surface area contributed by atoms with E-state index in [4.69, 9.17) is 0 Å². The lowest BCUT2D eigenvalue weighted by molar-refractivity contribution is 0.101. The molecule has 24 heavy (non-hydrogen) atoms. The lowest BCUT2D eigenvalue weighted by Gasteiger charge is -2.16. The molecule has 0 amide bonds. The molecule has 0 spiro atoms. The van der Waals surface area contributed by atoms with Crippen LogP contribution in [0.3, 0.4) is 0 Å². The van der Waals surface area contributed by atoms with Crippen molar-refractivity contribution in [3.63, 3.8) is 0 Å². The predicted molar refractivity (Wildman–Crippen MR) is 96.2 cm³/mol. The van der Waals surface area contributed by atoms with Crippen molar-refractivity contribution in [3.8, 4) is 5.75 Å². The zero-order chi connectivity index (χ0) is 17.5. The van der Waals surface area contributed by atoms with Crippen LogP contribution in [0.5, 0.6) is 5.75 Å². The zero-order valence-corrected chi connectivity index (χ0v) is 14.4. The number of ketones is 1. The van der Waals surface area contributed by atoms with E-state index < -0.39 is 6.10 Å². The number of hydrogen-bond donors (Lipinski definition) is 2.